The SMILES string of the molecule is Cc1ccc(-n2nc(C3(C)CCOCC3)cc2NC(=O)Nc2ccc(Sc3ccc4nnc(C5CCOCC5)n4c3)cc2)cc1. The molecule has 5 heterocycles. The van der Waals surface area contributed by atoms with Gasteiger partial charge in [0.25, 0.3) is 0 Å². The van der Waals surface area contributed by atoms with Gasteiger partial charge in [-0.05, 0) is 81.1 Å². The van der Waals surface area contributed by atoms with E-state index in [2.05, 4.69) is 51.3 Å². The number of rotatable bonds is 7. The summed E-state index contributed by atoms with van der Waals surface area (Å²) in [7, 11) is 0. The zero-order chi connectivity index (χ0) is 30.8. The molecule has 0 saturated carbocycles. The van der Waals surface area contributed by atoms with Crippen LogP contribution in [0.4, 0.5) is 16.3 Å². The van der Waals surface area contributed by atoms with Crippen molar-refractivity contribution < 1.29 is 14.3 Å². The van der Waals surface area contributed by atoms with Crippen LogP contribution in [0.3, 0.4) is 0 Å². The maximum Gasteiger partial charge on any atom is 0.324 e. The first-order valence-electron chi connectivity index (χ1n) is 15.5. The third kappa shape index (κ3) is 6.47. The molecule has 0 aliphatic carbocycles. The molecule has 10 nitrogen and oxygen atoms in total. The predicted molar refractivity (Wildman–Crippen MR) is 175 cm³/mol. The molecule has 3 aromatic heterocycles. The smallest absolute Gasteiger partial charge is 0.324 e. The highest BCUT2D eigenvalue weighted by atomic mass is 32.2. The fourth-order valence-electron chi connectivity index (χ4n) is 5.93. The Labute approximate surface area is 266 Å². The molecular weight excluding hydrogens is 586 g/mol. The summed E-state index contributed by atoms with van der Waals surface area (Å²) in [5.41, 5.74) is 4.45. The maximum absolute atomic E-state index is 13.2. The normalized spacial score (nSPS) is 16.9. The van der Waals surface area contributed by atoms with Crippen molar-refractivity contribution in [3.05, 3.63) is 90.0 Å². The van der Waals surface area contributed by atoms with Crippen molar-refractivity contribution in [2.75, 3.05) is 37.1 Å². The second kappa shape index (κ2) is 12.7. The van der Waals surface area contributed by atoms with Crippen LogP contribution in [0.15, 0.2) is 82.7 Å². The fourth-order valence-corrected chi connectivity index (χ4v) is 6.77. The number of carbonyl (C=O) groups excluding carboxylic acids is 1. The van der Waals surface area contributed by atoms with Crippen molar-refractivity contribution >= 4 is 34.9 Å². The van der Waals surface area contributed by atoms with Crippen LogP contribution in [0.25, 0.3) is 11.3 Å². The Bertz CT molecular complexity index is 1790. The van der Waals surface area contributed by atoms with Gasteiger partial charge in [-0.15, -0.1) is 10.2 Å². The minimum Gasteiger partial charge on any atom is -0.381 e. The van der Waals surface area contributed by atoms with Crippen LogP contribution in [0.2, 0.25) is 0 Å². The number of anilines is 2. The average Bonchev–Trinajstić information content (AvgIpc) is 3.68. The van der Waals surface area contributed by atoms with Gasteiger partial charge in [0.15, 0.2) is 5.65 Å². The highest BCUT2D eigenvalue weighted by molar-refractivity contribution is 7.99. The first kappa shape index (κ1) is 29.5. The molecule has 2 saturated heterocycles. The van der Waals surface area contributed by atoms with Gasteiger partial charge in [-0.3, -0.25) is 9.72 Å². The van der Waals surface area contributed by atoms with E-state index in [1.165, 1.54) is 0 Å². The van der Waals surface area contributed by atoms with Crippen molar-refractivity contribution in [2.24, 2.45) is 0 Å². The number of ether oxygens (including phenoxy) is 2. The molecule has 2 aliphatic heterocycles. The van der Waals surface area contributed by atoms with E-state index < -0.39 is 0 Å². The van der Waals surface area contributed by atoms with Crippen LogP contribution in [-0.4, -0.2) is 56.8 Å². The van der Waals surface area contributed by atoms with E-state index in [0.717, 1.165) is 77.1 Å². The van der Waals surface area contributed by atoms with Crippen LogP contribution in [0.1, 0.15) is 55.6 Å². The van der Waals surface area contributed by atoms with E-state index in [4.69, 9.17) is 14.6 Å². The summed E-state index contributed by atoms with van der Waals surface area (Å²) in [4.78, 5) is 15.4. The number of nitrogens with zero attached hydrogens (tertiary/aromatic N) is 5. The Morgan fingerprint density at radius 3 is 2.36 bits per heavy atom. The van der Waals surface area contributed by atoms with E-state index in [9.17, 15) is 4.79 Å². The largest absolute Gasteiger partial charge is 0.381 e. The summed E-state index contributed by atoms with van der Waals surface area (Å²) in [6.45, 7) is 7.21. The molecule has 0 radical (unpaired) electrons. The summed E-state index contributed by atoms with van der Waals surface area (Å²) >= 11 is 1.66. The monoisotopic (exact) mass is 623 g/mol. The molecule has 2 aromatic carbocycles. The number of aromatic nitrogens is 5. The summed E-state index contributed by atoms with van der Waals surface area (Å²) in [5.74, 6) is 1.98. The molecule has 2 fully saturated rings. The third-order valence-electron chi connectivity index (χ3n) is 8.78. The highest BCUT2D eigenvalue weighted by Crippen LogP contribution is 2.36. The number of fused-ring (bicyclic) bond motifs is 1. The van der Waals surface area contributed by atoms with Gasteiger partial charge >= 0.3 is 6.03 Å². The van der Waals surface area contributed by atoms with Gasteiger partial charge in [0.05, 0.1) is 11.4 Å². The Hall–Kier alpha value is -4.19. The lowest BCUT2D eigenvalue weighted by molar-refractivity contribution is 0.0549. The van der Waals surface area contributed by atoms with Crippen LogP contribution >= 0.6 is 11.8 Å². The molecule has 45 heavy (non-hydrogen) atoms. The maximum atomic E-state index is 13.2. The van der Waals surface area contributed by atoms with E-state index in [1.807, 2.05) is 65.3 Å². The topological polar surface area (TPSA) is 108 Å². The first-order valence-corrected chi connectivity index (χ1v) is 16.3. The lowest BCUT2D eigenvalue weighted by Crippen LogP contribution is -2.31. The quantitative estimate of drug-likeness (QED) is 0.201. The van der Waals surface area contributed by atoms with Gasteiger partial charge in [-0.2, -0.15) is 5.10 Å². The summed E-state index contributed by atoms with van der Waals surface area (Å²) in [6.07, 6.45) is 5.81. The zero-order valence-corrected chi connectivity index (χ0v) is 26.3. The second-order valence-corrected chi connectivity index (χ2v) is 13.2. The van der Waals surface area contributed by atoms with Gasteiger partial charge < -0.3 is 14.8 Å². The number of hydrogen-bond acceptors (Lipinski definition) is 7. The third-order valence-corrected chi connectivity index (χ3v) is 9.77. The Morgan fingerprint density at radius 1 is 0.889 bits per heavy atom. The summed E-state index contributed by atoms with van der Waals surface area (Å²) in [5, 5.41) is 19.8. The molecule has 2 aliphatic rings. The minimum atomic E-state index is -0.328. The van der Waals surface area contributed by atoms with Gasteiger partial charge in [-0.1, -0.05) is 36.4 Å². The second-order valence-electron chi connectivity index (χ2n) is 12.1. The van der Waals surface area contributed by atoms with Crippen molar-refractivity contribution in [2.45, 2.75) is 60.7 Å². The van der Waals surface area contributed by atoms with Crippen molar-refractivity contribution in [3.8, 4) is 5.69 Å². The van der Waals surface area contributed by atoms with Crippen LogP contribution < -0.4 is 10.6 Å². The van der Waals surface area contributed by atoms with Gasteiger partial charge in [-0.25, -0.2) is 9.48 Å². The Kier molecular flexibility index (Phi) is 8.31. The van der Waals surface area contributed by atoms with E-state index in [-0.39, 0.29) is 11.4 Å². The first-order chi connectivity index (χ1) is 21.9. The van der Waals surface area contributed by atoms with Gasteiger partial charge in [0.2, 0.25) is 0 Å². The average molecular weight is 624 g/mol. The Balaban J connectivity index is 1.04. The molecule has 0 atom stereocenters. The highest BCUT2D eigenvalue weighted by Gasteiger charge is 2.33. The molecular formula is C34H37N7O3S. The number of carbonyl (C=O) groups is 1. The van der Waals surface area contributed by atoms with Gasteiger partial charge in [0.1, 0.15) is 11.6 Å². The van der Waals surface area contributed by atoms with Crippen LogP contribution in [-0.2, 0) is 14.9 Å². The molecule has 0 spiro atoms. The molecule has 2 amide bonds. The standard InChI is InChI=1S/C34H37N7O3S/c1-23-3-7-26(8-4-23)41-31(21-29(39-41)34(2)15-19-44-20-16-34)36-33(42)35-25-5-9-27(10-6-25)45-28-11-12-30-37-38-32(40(30)22-28)24-13-17-43-18-14-24/h3-12,21-22,24H,13-20H2,1-2H3,(H2,35,36,42). The number of pyridine rings is 1. The number of amides is 2. The van der Waals surface area contributed by atoms with E-state index in [1.54, 1.807) is 11.8 Å². The lowest BCUT2D eigenvalue weighted by Gasteiger charge is -2.31. The minimum absolute atomic E-state index is 0.111. The molecule has 0 bridgehead atoms. The number of nitrogens with one attached hydrogen (secondary N) is 2. The Morgan fingerprint density at radius 2 is 1.60 bits per heavy atom. The van der Waals surface area contributed by atoms with E-state index in [0.29, 0.717) is 30.6 Å². The summed E-state index contributed by atoms with van der Waals surface area (Å²) < 4.78 is 15.1. The molecule has 0 unspecified atom stereocenters. The van der Waals surface area contributed by atoms with Crippen molar-refractivity contribution in [1.82, 2.24) is 24.4 Å². The molecule has 11 heteroatoms. The molecule has 2 N–H and O–H groups in total. The summed E-state index contributed by atoms with van der Waals surface area (Å²) in [6, 6.07) is 21.7. The van der Waals surface area contributed by atoms with Crippen molar-refractivity contribution in [1.29, 1.82) is 0 Å². The molecule has 7 rings (SSSR count). The number of hydrogen-bond donors (Lipinski definition) is 2. The predicted octanol–water partition coefficient (Wildman–Crippen LogP) is 6.98. The van der Waals surface area contributed by atoms with Crippen LogP contribution in [0, 0.1) is 6.92 Å². The van der Waals surface area contributed by atoms with Crippen LogP contribution in [0.5, 0.6) is 0 Å². The fraction of sp³-hybridized carbons (Fsp3) is 0.353. The number of benzene rings is 2. The van der Waals surface area contributed by atoms with Crippen molar-refractivity contribution in [3.63, 3.8) is 0 Å². The molecule has 232 valence electrons. The number of urea groups is 1. The lowest BCUT2D eigenvalue weighted by atomic mass is 9.79. The number of aryl methyl sites for hydroxylation is 1. The van der Waals surface area contributed by atoms with E-state index >= 15 is 0 Å². The molecule has 5 aromatic rings. The zero-order valence-electron chi connectivity index (χ0n) is 25.5. The van der Waals surface area contributed by atoms with Gasteiger partial charge in [0, 0.05) is 65.5 Å².